The van der Waals surface area contributed by atoms with E-state index in [0.717, 1.165) is 35.4 Å². The highest BCUT2D eigenvalue weighted by molar-refractivity contribution is 5.95. The van der Waals surface area contributed by atoms with Crippen molar-refractivity contribution in [1.82, 2.24) is 20.1 Å². The number of pyridine rings is 1. The minimum atomic E-state index is -0.0511. The summed E-state index contributed by atoms with van der Waals surface area (Å²) in [6, 6.07) is 11.8. The highest BCUT2D eigenvalue weighted by Crippen LogP contribution is 2.22. The molecule has 5 N–H and O–H groups in total. The molecule has 0 bridgehead atoms. The summed E-state index contributed by atoms with van der Waals surface area (Å²) in [5, 5.41) is 6.24. The third-order valence-corrected chi connectivity index (χ3v) is 4.64. The molecule has 27 heavy (non-hydrogen) atoms. The van der Waals surface area contributed by atoms with Crippen LogP contribution in [0.1, 0.15) is 34.3 Å². The van der Waals surface area contributed by atoms with Gasteiger partial charge in [-0.2, -0.15) is 0 Å². The zero-order chi connectivity index (χ0) is 18.8. The first-order valence-electron chi connectivity index (χ1n) is 8.93. The summed E-state index contributed by atoms with van der Waals surface area (Å²) in [6.45, 7) is 1.98. The molecule has 0 radical (unpaired) electrons. The Kier molecular flexibility index (Phi) is 4.52. The van der Waals surface area contributed by atoms with Gasteiger partial charge in [-0.15, -0.1) is 0 Å². The van der Waals surface area contributed by atoms with E-state index in [2.05, 4.69) is 21.0 Å². The Labute approximate surface area is 157 Å². The third kappa shape index (κ3) is 3.63. The van der Waals surface area contributed by atoms with Gasteiger partial charge in [0.15, 0.2) is 0 Å². The molecule has 2 aromatic heterocycles. The van der Waals surface area contributed by atoms with Crippen LogP contribution in [0.3, 0.4) is 0 Å². The second kappa shape index (κ2) is 7.13. The summed E-state index contributed by atoms with van der Waals surface area (Å²) < 4.78 is 1.94. The molecule has 1 aliphatic rings. The van der Waals surface area contributed by atoms with E-state index in [-0.39, 0.29) is 5.91 Å². The lowest BCUT2D eigenvalue weighted by molar-refractivity contribution is 0.0951. The fourth-order valence-electron chi connectivity index (χ4n) is 2.93. The molecule has 138 valence electrons. The van der Waals surface area contributed by atoms with Crippen LogP contribution >= 0.6 is 0 Å². The van der Waals surface area contributed by atoms with E-state index in [1.807, 2.05) is 53.9 Å². The van der Waals surface area contributed by atoms with Gasteiger partial charge in [0.05, 0.1) is 11.9 Å². The van der Waals surface area contributed by atoms with E-state index in [1.54, 1.807) is 12.4 Å². The summed E-state index contributed by atoms with van der Waals surface area (Å²) in [7, 11) is 0. The van der Waals surface area contributed by atoms with Gasteiger partial charge >= 0.3 is 0 Å². The van der Waals surface area contributed by atoms with Crippen molar-refractivity contribution in [2.75, 3.05) is 5.32 Å². The van der Waals surface area contributed by atoms with Gasteiger partial charge in [0, 0.05) is 29.6 Å². The number of benzene rings is 1. The summed E-state index contributed by atoms with van der Waals surface area (Å²) in [5.41, 5.74) is 6.76. The maximum Gasteiger partial charge on any atom is 0.251 e. The van der Waals surface area contributed by atoms with E-state index >= 15 is 0 Å². The average Bonchev–Trinajstić information content (AvgIpc) is 3.40. The number of hydrogen-bond acceptors (Lipinski definition) is 5. The predicted octanol–water partition coefficient (Wildman–Crippen LogP) is 2.41. The topological polar surface area (TPSA) is 96.5 Å². The van der Waals surface area contributed by atoms with Crippen molar-refractivity contribution >= 4 is 23.1 Å². The van der Waals surface area contributed by atoms with Gasteiger partial charge in [-0.25, -0.2) is 4.98 Å². The number of aromatic nitrogens is 2. The molecule has 1 amide bonds. The molecule has 0 atom stereocenters. The van der Waals surface area contributed by atoms with Crippen molar-refractivity contribution in [3.8, 4) is 0 Å². The number of hydrogen-bond donors (Lipinski definition) is 4. The van der Waals surface area contributed by atoms with E-state index in [0.29, 0.717) is 17.3 Å². The van der Waals surface area contributed by atoms with Crippen molar-refractivity contribution < 1.29 is 4.79 Å². The molecule has 7 heteroatoms. The monoisotopic (exact) mass is 362 g/mol. The van der Waals surface area contributed by atoms with Crippen molar-refractivity contribution in [2.24, 2.45) is 5.84 Å². The molecule has 0 spiro atoms. The van der Waals surface area contributed by atoms with Crippen molar-refractivity contribution in [3.05, 3.63) is 71.7 Å². The summed E-state index contributed by atoms with van der Waals surface area (Å²) in [5.74, 6) is 6.53. The molecular formula is C20H22N6O. The highest BCUT2D eigenvalue weighted by Gasteiger charge is 2.24. The van der Waals surface area contributed by atoms with E-state index in [4.69, 9.17) is 5.84 Å². The van der Waals surface area contributed by atoms with E-state index in [9.17, 15) is 4.79 Å². The van der Waals surface area contributed by atoms with Crippen molar-refractivity contribution in [2.45, 2.75) is 25.8 Å². The van der Waals surface area contributed by atoms with Gasteiger partial charge in [0.2, 0.25) is 0 Å². The molecule has 0 unspecified atom stereocenters. The molecule has 1 saturated carbocycles. The van der Waals surface area contributed by atoms with Gasteiger partial charge in [-0.3, -0.25) is 15.0 Å². The maximum absolute atomic E-state index is 12.4. The predicted molar refractivity (Wildman–Crippen MR) is 106 cm³/mol. The summed E-state index contributed by atoms with van der Waals surface area (Å²) in [4.78, 5) is 16.7. The van der Waals surface area contributed by atoms with Gasteiger partial charge in [0.25, 0.3) is 5.91 Å². The van der Waals surface area contributed by atoms with Crippen LogP contribution in [0, 0.1) is 6.92 Å². The first kappa shape index (κ1) is 17.1. The summed E-state index contributed by atoms with van der Waals surface area (Å²) in [6.07, 6.45) is 7.59. The Balaban J connectivity index is 1.61. The Bertz CT molecular complexity index is 1020. The van der Waals surface area contributed by atoms with Gasteiger partial charge in [0.1, 0.15) is 11.5 Å². The number of imidazole rings is 1. The lowest BCUT2D eigenvalue weighted by Gasteiger charge is -2.13. The number of nitrogens with two attached hydrogens (primary N) is 1. The zero-order valence-corrected chi connectivity index (χ0v) is 15.1. The Hall–Kier alpha value is -3.32. The zero-order valence-electron chi connectivity index (χ0n) is 15.1. The lowest BCUT2D eigenvalue weighted by atomic mass is 10.0. The van der Waals surface area contributed by atoms with Crippen LogP contribution in [0.2, 0.25) is 0 Å². The van der Waals surface area contributed by atoms with Crippen LogP contribution in [-0.2, 0) is 0 Å². The highest BCUT2D eigenvalue weighted by atomic mass is 16.1. The van der Waals surface area contributed by atoms with Crippen LogP contribution in [0.5, 0.6) is 0 Å². The second-order valence-corrected chi connectivity index (χ2v) is 6.70. The molecule has 4 rings (SSSR count). The number of fused-ring (bicyclic) bond motifs is 1. The Morgan fingerprint density at radius 1 is 1.30 bits per heavy atom. The molecule has 1 fully saturated rings. The number of aryl methyl sites for hydroxylation is 1. The SMILES string of the molecule is Cc1ccc(C(=O)NC2CC2)cc1/C(=C/Nc1cnc2ccccn12)NN. The lowest BCUT2D eigenvalue weighted by Crippen LogP contribution is -2.26. The van der Waals surface area contributed by atoms with Crippen molar-refractivity contribution in [3.63, 3.8) is 0 Å². The maximum atomic E-state index is 12.4. The van der Waals surface area contributed by atoms with Crippen molar-refractivity contribution in [1.29, 1.82) is 0 Å². The van der Waals surface area contributed by atoms with Crippen LogP contribution in [0.25, 0.3) is 11.3 Å². The number of hydrazine groups is 1. The molecule has 0 saturated heterocycles. The number of nitrogens with one attached hydrogen (secondary N) is 3. The molecule has 0 aliphatic heterocycles. The van der Waals surface area contributed by atoms with Gasteiger partial charge in [-0.05, 0) is 49.6 Å². The molecule has 7 nitrogen and oxygen atoms in total. The normalized spacial score (nSPS) is 14.2. The molecule has 1 aliphatic carbocycles. The first-order chi connectivity index (χ1) is 13.2. The Morgan fingerprint density at radius 3 is 2.93 bits per heavy atom. The van der Waals surface area contributed by atoms with Crippen LogP contribution in [-0.4, -0.2) is 21.3 Å². The number of amides is 1. The quantitative estimate of drug-likeness (QED) is 0.399. The van der Waals surface area contributed by atoms with E-state index in [1.165, 1.54) is 0 Å². The number of nitrogens with zero attached hydrogens (tertiary/aromatic N) is 2. The number of carbonyl (C=O) groups excluding carboxylic acids is 1. The van der Waals surface area contributed by atoms with Crippen LogP contribution in [0.15, 0.2) is 55.0 Å². The molecular weight excluding hydrogens is 340 g/mol. The largest absolute Gasteiger partial charge is 0.349 e. The fourth-order valence-corrected chi connectivity index (χ4v) is 2.93. The third-order valence-electron chi connectivity index (χ3n) is 4.64. The average molecular weight is 362 g/mol. The summed E-state index contributed by atoms with van der Waals surface area (Å²) >= 11 is 0. The smallest absolute Gasteiger partial charge is 0.251 e. The number of rotatable bonds is 6. The fraction of sp³-hybridized carbons (Fsp3) is 0.200. The molecule has 2 heterocycles. The van der Waals surface area contributed by atoms with Gasteiger partial charge in [-0.1, -0.05) is 12.1 Å². The van der Waals surface area contributed by atoms with Crippen LogP contribution in [0.4, 0.5) is 5.82 Å². The minimum Gasteiger partial charge on any atom is -0.349 e. The molecule has 3 aromatic rings. The van der Waals surface area contributed by atoms with Crippen LogP contribution < -0.4 is 21.9 Å². The number of anilines is 1. The van der Waals surface area contributed by atoms with Gasteiger partial charge < -0.3 is 16.1 Å². The Morgan fingerprint density at radius 2 is 2.15 bits per heavy atom. The minimum absolute atomic E-state index is 0.0511. The number of carbonyl (C=O) groups is 1. The second-order valence-electron chi connectivity index (χ2n) is 6.70. The first-order valence-corrected chi connectivity index (χ1v) is 8.93. The standard InChI is InChI=1S/C20H22N6O/c1-13-5-6-14(20(27)24-15-7-8-15)10-16(13)17(25-21)11-22-19-12-23-18-4-2-3-9-26(18)19/h2-6,9-12,15,22,25H,7-8,21H2,1H3,(H,24,27)/b17-11-. The molecule has 1 aromatic carbocycles. The van der Waals surface area contributed by atoms with E-state index < -0.39 is 0 Å².